The summed E-state index contributed by atoms with van der Waals surface area (Å²) in [5.74, 6) is -0.140. The summed E-state index contributed by atoms with van der Waals surface area (Å²) in [6.07, 6.45) is 0. The Labute approximate surface area is 124 Å². The molecule has 3 N–H and O–H groups in total. The molecule has 114 valence electrons. The highest BCUT2D eigenvalue weighted by Crippen LogP contribution is 2.22. The Morgan fingerprint density at radius 1 is 1.33 bits per heavy atom. The largest absolute Gasteiger partial charge is 0.397 e. The monoisotopic (exact) mass is 290 g/mol. The maximum atomic E-state index is 12.2. The molecule has 1 heterocycles. The van der Waals surface area contributed by atoms with Crippen molar-refractivity contribution >= 4 is 23.2 Å². The molecule has 2 amide bonds. The lowest BCUT2D eigenvalue weighted by atomic mass is 9.98. The second kappa shape index (κ2) is 5.73. The number of hydrogen-bond donors (Lipinski definition) is 2. The van der Waals surface area contributed by atoms with Crippen molar-refractivity contribution in [1.82, 2.24) is 9.80 Å². The average molecular weight is 290 g/mol. The third kappa shape index (κ3) is 3.16. The lowest BCUT2D eigenvalue weighted by molar-refractivity contribution is -0.147. The molecule has 0 radical (unpaired) electrons. The van der Waals surface area contributed by atoms with Crippen LogP contribution in [-0.4, -0.2) is 53.8 Å². The van der Waals surface area contributed by atoms with Crippen LogP contribution in [0.1, 0.15) is 13.8 Å². The molecule has 0 aromatic heterocycles. The minimum atomic E-state index is -0.674. The van der Waals surface area contributed by atoms with E-state index >= 15 is 0 Å². The minimum Gasteiger partial charge on any atom is -0.397 e. The van der Waals surface area contributed by atoms with Gasteiger partial charge in [0.25, 0.3) is 0 Å². The SMILES string of the molecule is CN1CCN(CC(=O)Nc2ccccc2N)C(C)(C)C1=O. The van der Waals surface area contributed by atoms with Gasteiger partial charge >= 0.3 is 0 Å². The zero-order chi connectivity index (χ0) is 15.6. The lowest BCUT2D eigenvalue weighted by Crippen LogP contribution is -2.63. The molecule has 0 aliphatic carbocycles. The number of nitrogens with two attached hydrogens (primary N) is 1. The van der Waals surface area contributed by atoms with Crippen molar-refractivity contribution in [2.45, 2.75) is 19.4 Å². The zero-order valence-corrected chi connectivity index (χ0v) is 12.7. The third-order valence-corrected chi connectivity index (χ3v) is 3.94. The number of carbonyl (C=O) groups excluding carboxylic acids is 2. The molecule has 1 aromatic carbocycles. The second-order valence-electron chi connectivity index (χ2n) is 5.84. The van der Waals surface area contributed by atoms with Gasteiger partial charge < -0.3 is 16.0 Å². The van der Waals surface area contributed by atoms with Crippen LogP contribution in [0.3, 0.4) is 0 Å². The van der Waals surface area contributed by atoms with Gasteiger partial charge in [0.05, 0.1) is 23.5 Å². The number of para-hydroxylation sites is 2. The highest BCUT2D eigenvalue weighted by atomic mass is 16.2. The van der Waals surface area contributed by atoms with E-state index in [-0.39, 0.29) is 18.4 Å². The summed E-state index contributed by atoms with van der Waals surface area (Å²) in [5.41, 5.74) is 6.26. The molecule has 1 aliphatic rings. The normalized spacial score (nSPS) is 18.6. The van der Waals surface area contributed by atoms with Gasteiger partial charge in [0.1, 0.15) is 0 Å². The van der Waals surface area contributed by atoms with Gasteiger partial charge in [-0.3, -0.25) is 14.5 Å². The molecule has 0 unspecified atom stereocenters. The summed E-state index contributed by atoms with van der Waals surface area (Å²) >= 11 is 0. The molecular weight excluding hydrogens is 268 g/mol. The highest BCUT2D eigenvalue weighted by Gasteiger charge is 2.40. The maximum absolute atomic E-state index is 12.2. The van der Waals surface area contributed by atoms with Crippen LogP contribution in [0.15, 0.2) is 24.3 Å². The molecule has 1 saturated heterocycles. The van der Waals surface area contributed by atoms with Crippen molar-refractivity contribution in [3.05, 3.63) is 24.3 Å². The van der Waals surface area contributed by atoms with Crippen molar-refractivity contribution in [3.8, 4) is 0 Å². The first-order valence-electron chi connectivity index (χ1n) is 6.97. The van der Waals surface area contributed by atoms with Crippen LogP contribution in [0.2, 0.25) is 0 Å². The van der Waals surface area contributed by atoms with Gasteiger partial charge in [-0.1, -0.05) is 12.1 Å². The van der Waals surface area contributed by atoms with Crippen molar-refractivity contribution in [2.75, 3.05) is 37.7 Å². The van der Waals surface area contributed by atoms with Crippen molar-refractivity contribution < 1.29 is 9.59 Å². The molecule has 6 heteroatoms. The van der Waals surface area contributed by atoms with E-state index in [1.165, 1.54) is 0 Å². The smallest absolute Gasteiger partial charge is 0.242 e. The van der Waals surface area contributed by atoms with E-state index in [0.717, 1.165) is 0 Å². The van der Waals surface area contributed by atoms with Gasteiger partial charge in [0, 0.05) is 20.1 Å². The van der Waals surface area contributed by atoms with Gasteiger partial charge in [-0.15, -0.1) is 0 Å². The molecule has 0 saturated carbocycles. The summed E-state index contributed by atoms with van der Waals surface area (Å²) in [5, 5.41) is 2.79. The quantitative estimate of drug-likeness (QED) is 0.806. The first-order chi connectivity index (χ1) is 9.82. The van der Waals surface area contributed by atoms with Crippen LogP contribution in [-0.2, 0) is 9.59 Å². The van der Waals surface area contributed by atoms with E-state index in [9.17, 15) is 9.59 Å². The Morgan fingerprint density at radius 3 is 2.67 bits per heavy atom. The molecule has 6 nitrogen and oxygen atoms in total. The van der Waals surface area contributed by atoms with Crippen LogP contribution in [0.25, 0.3) is 0 Å². The second-order valence-corrected chi connectivity index (χ2v) is 5.84. The van der Waals surface area contributed by atoms with Crippen molar-refractivity contribution in [1.29, 1.82) is 0 Å². The van der Waals surface area contributed by atoms with Crippen LogP contribution in [0, 0.1) is 0 Å². The number of rotatable bonds is 3. The van der Waals surface area contributed by atoms with Crippen molar-refractivity contribution in [3.63, 3.8) is 0 Å². The van der Waals surface area contributed by atoms with Gasteiger partial charge in [-0.05, 0) is 26.0 Å². The van der Waals surface area contributed by atoms with Gasteiger partial charge in [-0.2, -0.15) is 0 Å². The van der Waals surface area contributed by atoms with Crippen LogP contribution < -0.4 is 11.1 Å². The molecule has 1 aromatic rings. The number of amides is 2. The Kier molecular flexibility index (Phi) is 4.18. The van der Waals surface area contributed by atoms with Crippen LogP contribution in [0.5, 0.6) is 0 Å². The molecule has 21 heavy (non-hydrogen) atoms. The first-order valence-corrected chi connectivity index (χ1v) is 6.97. The fraction of sp³-hybridized carbons (Fsp3) is 0.467. The third-order valence-electron chi connectivity index (χ3n) is 3.94. The van der Waals surface area contributed by atoms with Crippen molar-refractivity contribution in [2.24, 2.45) is 0 Å². The van der Waals surface area contributed by atoms with Gasteiger partial charge in [0.2, 0.25) is 11.8 Å². The van der Waals surface area contributed by atoms with E-state index in [2.05, 4.69) is 5.32 Å². The number of piperazine rings is 1. The maximum Gasteiger partial charge on any atom is 0.242 e. The highest BCUT2D eigenvalue weighted by molar-refractivity contribution is 5.96. The summed E-state index contributed by atoms with van der Waals surface area (Å²) in [6, 6.07) is 7.12. The Hall–Kier alpha value is -2.08. The van der Waals surface area contributed by atoms with Gasteiger partial charge in [0.15, 0.2) is 0 Å². The number of carbonyl (C=O) groups is 2. The molecule has 0 bridgehead atoms. The van der Waals surface area contributed by atoms with E-state index in [1.54, 1.807) is 24.1 Å². The van der Waals surface area contributed by atoms with Crippen LogP contribution >= 0.6 is 0 Å². The molecular formula is C15H22N4O2. The number of benzene rings is 1. The van der Waals surface area contributed by atoms with E-state index < -0.39 is 5.54 Å². The number of nitrogen functional groups attached to an aromatic ring is 1. The number of hydrogen-bond acceptors (Lipinski definition) is 4. The molecule has 1 fully saturated rings. The Balaban J connectivity index is 2.03. The number of nitrogens with zero attached hydrogens (tertiary/aromatic N) is 2. The van der Waals surface area contributed by atoms with Gasteiger partial charge in [-0.25, -0.2) is 0 Å². The summed E-state index contributed by atoms with van der Waals surface area (Å²) in [7, 11) is 1.78. The summed E-state index contributed by atoms with van der Waals surface area (Å²) in [6.45, 7) is 5.15. The fourth-order valence-electron chi connectivity index (χ4n) is 2.50. The standard InChI is InChI=1S/C15H22N4O2/c1-15(2)14(21)18(3)8-9-19(15)10-13(20)17-12-7-5-4-6-11(12)16/h4-7H,8-10,16H2,1-3H3,(H,17,20). The van der Waals surface area contributed by atoms with E-state index in [4.69, 9.17) is 5.73 Å². The number of nitrogens with one attached hydrogen (secondary N) is 1. The Morgan fingerprint density at radius 2 is 2.00 bits per heavy atom. The van der Waals surface area contributed by atoms with E-state index in [0.29, 0.717) is 24.5 Å². The lowest BCUT2D eigenvalue weighted by Gasteiger charge is -2.44. The first kappa shape index (κ1) is 15.3. The molecule has 0 atom stereocenters. The van der Waals surface area contributed by atoms with E-state index in [1.807, 2.05) is 30.9 Å². The molecule has 0 spiro atoms. The van der Waals surface area contributed by atoms with Crippen LogP contribution in [0.4, 0.5) is 11.4 Å². The predicted octanol–water partition coefficient (Wildman–Crippen LogP) is 0.760. The Bertz CT molecular complexity index is 556. The summed E-state index contributed by atoms with van der Waals surface area (Å²) < 4.78 is 0. The average Bonchev–Trinajstić information content (AvgIpc) is 2.43. The minimum absolute atomic E-state index is 0.0285. The summed E-state index contributed by atoms with van der Waals surface area (Å²) in [4.78, 5) is 28.0. The number of anilines is 2. The zero-order valence-electron chi connectivity index (χ0n) is 12.7. The topological polar surface area (TPSA) is 78.7 Å². The molecule has 2 rings (SSSR count). The predicted molar refractivity (Wildman–Crippen MR) is 82.8 cm³/mol. The fourth-order valence-corrected chi connectivity index (χ4v) is 2.50. The molecule has 1 aliphatic heterocycles. The number of likely N-dealkylation sites (N-methyl/N-ethyl adjacent to an activating group) is 1.